The maximum atomic E-state index is 11.3. The fraction of sp³-hybridized carbons (Fsp3) is 0.455. The number of rotatable bonds is 7. The standard InChI is InChI=1S/C11H16ClN3O2/c12-7-11(17)15-6-3-10(16)14-5-2-9-1-4-13-8-9/h1,4,8,13H,2-3,5-7H2,(H,14,16)(H,15,17). The summed E-state index contributed by atoms with van der Waals surface area (Å²) < 4.78 is 0. The molecule has 1 rings (SSSR count). The Morgan fingerprint density at radius 3 is 2.65 bits per heavy atom. The van der Waals surface area contributed by atoms with E-state index in [1.807, 2.05) is 18.5 Å². The molecule has 0 unspecified atom stereocenters. The molecule has 0 fully saturated rings. The van der Waals surface area contributed by atoms with Crippen molar-refractivity contribution in [1.82, 2.24) is 15.6 Å². The first kappa shape index (κ1) is 13.6. The number of nitrogens with one attached hydrogen (secondary N) is 3. The summed E-state index contributed by atoms with van der Waals surface area (Å²) in [7, 11) is 0. The van der Waals surface area contributed by atoms with Gasteiger partial charge in [-0.1, -0.05) is 0 Å². The van der Waals surface area contributed by atoms with E-state index < -0.39 is 0 Å². The van der Waals surface area contributed by atoms with E-state index in [-0.39, 0.29) is 24.1 Å². The number of amides is 2. The van der Waals surface area contributed by atoms with Crippen LogP contribution in [-0.2, 0) is 16.0 Å². The van der Waals surface area contributed by atoms with E-state index in [0.29, 0.717) is 13.1 Å². The van der Waals surface area contributed by atoms with Crippen LogP contribution < -0.4 is 10.6 Å². The molecule has 0 aliphatic carbocycles. The average Bonchev–Trinajstić information content (AvgIpc) is 2.82. The van der Waals surface area contributed by atoms with Gasteiger partial charge in [-0.05, 0) is 18.1 Å². The summed E-state index contributed by atoms with van der Waals surface area (Å²) in [6.07, 6.45) is 4.81. The van der Waals surface area contributed by atoms with Gasteiger partial charge in [0.15, 0.2) is 0 Å². The van der Waals surface area contributed by atoms with Crippen molar-refractivity contribution >= 4 is 23.4 Å². The van der Waals surface area contributed by atoms with Crippen LogP contribution in [0.4, 0.5) is 0 Å². The van der Waals surface area contributed by atoms with Gasteiger partial charge in [-0.3, -0.25) is 9.59 Å². The van der Waals surface area contributed by atoms with E-state index in [0.717, 1.165) is 12.0 Å². The molecule has 1 aromatic rings. The molecule has 0 atom stereocenters. The van der Waals surface area contributed by atoms with Gasteiger partial charge < -0.3 is 15.6 Å². The van der Waals surface area contributed by atoms with E-state index in [9.17, 15) is 9.59 Å². The quantitative estimate of drug-likeness (QED) is 0.620. The highest BCUT2D eigenvalue weighted by Gasteiger charge is 2.02. The Morgan fingerprint density at radius 2 is 2.00 bits per heavy atom. The number of H-pyrrole nitrogens is 1. The minimum absolute atomic E-state index is 0.0737. The highest BCUT2D eigenvalue weighted by Crippen LogP contribution is 1.95. The summed E-state index contributed by atoms with van der Waals surface area (Å²) in [4.78, 5) is 25.1. The van der Waals surface area contributed by atoms with Crippen molar-refractivity contribution in [3.63, 3.8) is 0 Å². The van der Waals surface area contributed by atoms with Gasteiger partial charge in [0.05, 0.1) is 0 Å². The summed E-state index contributed by atoms with van der Waals surface area (Å²) in [5.74, 6) is -0.406. The molecule has 0 aliphatic rings. The van der Waals surface area contributed by atoms with Crippen LogP contribution in [0, 0.1) is 0 Å². The number of halogens is 1. The second kappa shape index (κ2) is 7.73. The Kier molecular flexibility index (Phi) is 6.17. The number of carbonyl (C=O) groups excluding carboxylic acids is 2. The monoisotopic (exact) mass is 257 g/mol. The average molecular weight is 258 g/mol. The zero-order chi connectivity index (χ0) is 12.5. The molecule has 6 heteroatoms. The van der Waals surface area contributed by atoms with E-state index in [2.05, 4.69) is 15.6 Å². The van der Waals surface area contributed by atoms with E-state index >= 15 is 0 Å². The van der Waals surface area contributed by atoms with Gasteiger partial charge in [-0.25, -0.2) is 0 Å². The lowest BCUT2D eigenvalue weighted by molar-refractivity contribution is -0.121. The third-order valence-electron chi connectivity index (χ3n) is 2.19. The number of aromatic nitrogens is 1. The molecule has 1 heterocycles. The molecule has 94 valence electrons. The molecular formula is C11H16ClN3O2. The van der Waals surface area contributed by atoms with E-state index in [1.54, 1.807) is 0 Å². The summed E-state index contributed by atoms with van der Waals surface area (Å²) in [5.41, 5.74) is 1.15. The minimum Gasteiger partial charge on any atom is -0.367 e. The van der Waals surface area contributed by atoms with Crippen molar-refractivity contribution in [3.05, 3.63) is 24.0 Å². The van der Waals surface area contributed by atoms with Crippen LogP contribution in [0.5, 0.6) is 0 Å². The molecule has 0 saturated heterocycles. The Balaban J connectivity index is 2.03. The molecule has 17 heavy (non-hydrogen) atoms. The van der Waals surface area contributed by atoms with Crippen molar-refractivity contribution in [1.29, 1.82) is 0 Å². The second-order valence-electron chi connectivity index (χ2n) is 3.55. The number of aromatic amines is 1. The maximum Gasteiger partial charge on any atom is 0.234 e. The molecule has 0 radical (unpaired) electrons. The van der Waals surface area contributed by atoms with Crippen LogP contribution in [0.15, 0.2) is 18.5 Å². The molecule has 5 nitrogen and oxygen atoms in total. The van der Waals surface area contributed by atoms with Gasteiger partial charge in [-0.2, -0.15) is 0 Å². The lowest BCUT2D eigenvalue weighted by Crippen LogP contribution is -2.32. The number of carbonyl (C=O) groups is 2. The first-order chi connectivity index (χ1) is 8.22. The van der Waals surface area contributed by atoms with Crippen LogP contribution in [0.1, 0.15) is 12.0 Å². The van der Waals surface area contributed by atoms with Crippen LogP contribution in [-0.4, -0.2) is 35.8 Å². The Bertz CT molecular complexity index is 352. The van der Waals surface area contributed by atoms with Gasteiger partial charge >= 0.3 is 0 Å². The normalized spacial score (nSPS) is 9.94. The van der Waals surface area contributed by atoms with Crippen LogP contribution >= 0.6 is 11.6 Å². The van der Waals surface area contributed by atoms with Gasteiger partial charge in [-0.15, -0.1) is 11.6 Å². The van der Waals surface area contributed by atoms with Gasteiger partial charge in [0.2, 0.25) is 11.8 Å². The minimum atomic E-state index is -0.258. The third-order valence-corrected chi connectivity index (χ3v) is 2.44. The fourth-order valence-corrected chi connectivity index (χ4v) is 1.41. The highest BCUT2D eigenvalue weighted by atomic mass is 35.5. The van der Waals surface area contributed by atoms with Crippen molar-refractivity contribution in [3.8, 4) is 0 Å². The zero-order valence-electron chi connectivity index (χ0n) is 9.46. The molecule has 2 amide bonds. The SMILES string of the molecule is O=C(CCl)NCCC(=O)NCCc1cc[nH]c1. The smallest absolute Gasteiger partial charge is 0.234 e. The van der Waals surface area contributed by atoms with Crippen LogP contribution in [0.2, 0.25) is 0 Å². The molecule has 1 aromatic heterocycles. The molecule has 3 N–H and O–H groups in total. The predicted octanol–water partition coefficient (Wildman–Crippen LogP) is 0.418. The number of hydrogen-bond donors (Lipinski definition) is 3. The third kappa shape index (κ3) is 5.97. The predicted molar refractivity (Wildman–Crippen MR) is 65.9 cm³/mol. The Hall–Kier alpha value is -1.49. The molecule has 0 bridgehead atoms. The number of hydrogen-bond acceptors (Lipinski definition) is 2. The topological polar surface area (TPSA) is 74.0 Å². The Morgan fingerprint density at radius 1 is 1.24 bits per heavy atom. The first-order valence-corrected chi connectivity index (χ1v) is 5.97. The largest absolute Gasteiger partial charge is 0.367 e. The molecule has 0 saturated carbocycles. The lowest BCUT2D eigenvalue weighted by atomic mass is 10.2. The number of alkyl halides is 1. The first-order valence-electron chi connectivity index (χ1n) is 5.43. The van der Waals surface area contributed by atoms with Gasteiger partial charge in [0, 0.05) is 31.9 Å². The van der Waals surface area contributed by atoms with Gasteiger partial charge in [0.1, 0.15) is 5.88 Å². The van der Waals surface area contributed by atoms with Crippen LogP contribution in [0.25, 0.3) is 0 Å². The molecule has 0 aliphatic heterocycles. The summed E-state index contributed by atoms with van der Waals surface area (Å²) >= 11 is 5.29. The lowest BCUT2D eigenvalue weighted by Gasteiger charge is -2.05. The zero-order valence-corrected chi connectivity index (χ0v) is 10.2. The summed E-state index contributed by atoms with van der Waals surface area (Å²) in [6, 6.07) is 1.97. The highest BCUT2D eigenvalue weighted by molar-refractivity contribution is 6.27. The van der Waals surface area contributed by atoms with Crippen molar-refractivity contribution < 1.29 is 9.59 Å². The van der Waals surface area contributed by atoms with Gasteiger partial charge in [0.25, 0.3) is 0 Å². The van der Waals surface area contributed by atoms with Crippen molar-refractivity contribution in [2.24, 2.45) is 0 Å². The Labute approximate surface area is 105 Å². The summed E-state index contributed by atoms with van der Waals surface area (Å²) in [5, 5.41) is 5.31. The second-order valence-corrected chi connectivity index (χ2v) is 3.82. The van der Waals surface area contributed by atoms with Crippen molar-refractivity contribution in [2.45, 2.75) is 12.8 Å². The molecule has 0 aromatic carbocycles. The van der Waals surface area contributed by atoms with E-state index in [4.69, 9.17) is 11.6 Å². The fourth-order valence-electron chi connectivity index (χ4n) is 1.31. The van der Waals surface area contributed by atoms with Crippen molar-refractivity contribution in [2.75, 3.05) is 19.0 Å². The summed E-state index contributed by atoms with van der Waals surface area (Å²) in [6.45, 7) is 0.918. The van der Waals surface area contributed by atoms with Crippen LogP contribution in [0.3, 0.4) is 0 Å². The van der Waals surface area contributed by atoms with E-state index in [1.165, 1.54) is 0 Å². The molecular weight excluding hydrogens is 242 g/mol. The maximum absolute atomic E-state index is 11.3. The molecule has 0 spiro atoms.